The number of nitrogens with one attached hydrogen (secondary N) is 1. The number of aromatic amines is 1. The van der Waals surface area contributed by atoms with Gasteiger partial charge in [-0.3, -0.25) is 0 Å². The molecule has 3 aromatic rings. The van der Waals surface area contributed by atoms with Gasteiger partial charge < -0.3 is 9.72 Å². The Hall–Kier alpha value is -2.47. The largest absolute Gasteiger partial charge is 0.462 e. The maximum Gasteiger partial charge on any atom is 0.416 e. The number of halogens is 4. The summed E-state index contributed by atoms with van der Waals surface area (Å²) in [4.78, 5) is 15.0. The lowest BCUT2D eigenvalue weighted by Crippen LogP contribution is -2.09. The van der Waals surface area contributed by atoms with E-state index in [4.69, 9.17) is 16.3 Å². The standard InChI is InChI=1S/C19H15ClF3NO2/c20-15-7-8-17-16(10-15)13(11-24-17)2-1-9-26-18(25)12-3-5-14(6-4-12)19(21,22)23/h3-8,10-11,24H,1-2,9H2. The zero-order valence-electron chi connectivity index (χ0n) is 13.6. The lowest BCUT2D eigenvalue weighted by Gasteiger charge is -2.08. The van der Waals surface area contributed by atoms with Crippen molar-refractivity contribution in [1.82, 2.24) is 4.98 Å². The van der Waals surface area contributed by atoms with Crippen LogP contribution in [0.5, 0.6) is 0 Å². The molecule has 0 radical (unpaired) electrons. The number of esters is 1. The molecular formula is C19H15ClF3NO2. The lowest BCUT2D eigenvalue weighted by molar-refractivity contribution is -0.137. The van der Waals surface area contributed by atoms with Crippen molar-refractivity contribution in [3.8, 4) is 0 Å². The highest BCUT2D eigenvalue weighted by Gasteiger charge is 2.30. The number of alkyl halides is 3. The summed E-state index contributed by atoms with van der Waals surface area (Å²) in [6.45, 7) is 0.174. The van der Waals surface area contributed by atoms with Crippen LogP contribution in [0.2, 0.25) is 5.02 Å². The first-order chi connectivity index (χ1) is 12.3. The molecule has 0 spiro atoms. The van der Waals surface area contributed by atoms with Gasteiger partial charge in [-0.25, -0.2) is 4.79 Å². The van der Waals surface area contributed by atoms with E-state index < -0.39 is 17.7 Å². The molecule has 0 saturated carbocycles. The molecule has 0 aliphatic rings. The van der Waals surface area contributed by atoms with E-state index in [2.05, 4.69) is 4.98 Å². The second-order valence-corrected chi connectivity index (χ2v) is 6.25. The van der Waals surface area contributed by atoms with Gasteiger partial charge in [0, 0.05) is 22.1 Å². The van der Waals surface area contributed by atoms with Crippen LogP contribution in [0.3, 0.4) is 0 Å². The van der Waals surface area contributed by atoms with Crippen LogP contribution in [0.4, 0.5) is 13.2 Å². The summed E-state index contributed by atoms with van der Waals surface area (Å²) >= 11 is 6.00. The van der Waals surface area contributed by atoms with Crippen LogP contribution in [-0.4, -0.2) is 17.6 Å². The summed E-state index contributed by atoms with van der Waals surface area (Å²) in [5.74, 6) is -0.638. The Labute approximate surface area is 152 Å². The van der Waals surface area contributed by atoms with E-state index in [9.17, 15) is 18.0 Å². The number of carbonyl (C=O) groups excluding carboxylic acids is 1. The van der Waals surface area contributed by atoms with Crippen LogP contribution < -0.4 is 0 Å². The fourth-order valence-electron chi connectivity index (χ4n) is 2.66. The number of H-pyrrole nitrogens is 1. The first-order valence-corrected chi connectivity index (χ1v) is 8.32. The van der Waals surface area contributed by atoms with Crippen LogP contribution in [0.15, 0.2) is 48.7 Å². The Morgan fingerprint density at radius 1 is 1.12 bits per heavy atom. The van der Waals surface area contributed by atoms with Crippen LogP contribution in [0, 0.1) is 0 Å². The maximum atomic E-state index is 12.5. The summed E-state index contributed by atoms with van der Waals surface area (Å²) in [7, 11) is 0. The molecule has 0 fully saturated rings. The van der Waals surface area contributed by atoms with Crippen molar-refractivity contribution in [2.24, 2.45) is 0 Å². The molecule has 7 heteroatoms. The van der Waals surface area contributed by atoms with E-state index in [1.807, 2.05) is 18.3 Å². The number of carbonyl (C=O) groups is 1. The van der Waals surface area contributed by atoms with E-state index in [-0.39, 0.29) is 12.2 Å². The molecule has 3 nitrogen and oxygen atoms in total. The Morgan fingerprint density at radius 3 is 2.54 bits per heavy atom. The smallest absolute Gasteiger partial charge is 0.416 e. The van der Waals surface area contributed by atoms with Gasteiger partial charge >= 0.3 is 12.1 Å². The molecule has 1 N–H and O–H groups in total. The summed E-state index contributed by atoms with van der Waals surface area (Å²) in [5, 5.41) is 1.67. The second-order valence-electron chi connectivity index (χ2n) is 5.82. The van der Waals surface area contributed by atoms with Gasteiger partial charge in [0.15, 0.2) is 0 Å². The fourth-order valence-corrected chi connectivity index (χ4v) is 2.84. The molecule has 0 amide bonds. The first kappa shape index (κ1) is 18.3. The minimum absolute atomic E-state index is 0.0943. The molecule has 0 atom stereocenters. The minimum Gasteiger partial charge on any atom is -0.462 e. The highest BCUT2D eigenvalue weighted by molar-refractivity contribution is 6.31. The third kappa shape index (κ3) is 4.19. The van der Waals surface area contributed by atoms with Gasteiger partial charge in [0.25, 0.3) is 0 Å². The Bertz CT molecular complexity index is 917. The van der Waals surface area contributed by atoms with Gasteiger partial charge in [-0.1, -0.05) is 11.6 Å². The van der Waals surface area contributed by atoms with Crippen molar-refractivity contribution >= 4 is 28.5 Å². The van der Waals surface area contributed by atoms with Crippen molar-refractivity contribution < 1.29 is 22.7 Å². The van der Waals surface area contributed by atoms with Crippen molar-refractivity contribution in [3.05, 3.63) is 70.4 Å². The summed E-state index contributed by atoms with van der Waals surface area (Å²) in [5.41, 5.74) is 1.34. The number of ether oxygens (including phenoxy) is 1. The quantitative estimate of drug-likeness (QED) is 0.459. The molecule has 3 rings (SSSR count). The topological polar surface area (TPSA) is 42.1 Å². The Morgan fingerprint density at radius 2 is 1.85 bits per heavy atom. The number of aryl methyl sites for hydroxylation is 1. The molecule has 136 valence electrons. The third-order valence-corrected chi connectivity index (χ3v) is 4.24. The average molecular weight is 382 g/mol. The lowest BCUT2D eigenvalue weighted by atomic mass is 10.1. The van der Waals surface area contributed by atoms with Crippen LogP contribution >= 0.6 is 11.6 Å². The molecular weight excluding hydrogens is 367 g/mol. The van der Waals surface area contributed by atoms with E-state index >= 15 is 0 Å². The van der Waals surface area contributed by atoms with Crippen molar-refractivity contribution in [2.75, 3.05) is 6.61 Å². The molecule has 1 aromatic heterocycles. The number of hydrogen-bond donors (Lipinski definition) is 1. The van der Waals surface area contributed by atoms with Gasteiger partial charge in [-0.15, -0.1) is 0 Å². The number of fused-ring (bicyclic) bond motifs is 1. The summed E-state index contributed by atoms with van der Waals surface area (Å²) < 4.78 is 42.7. The Balaban J connectivity index is 1.53. The molecule has 0 bridgehead atoms. The predicted molar refractivity (Wildman–Crippen MR) is 93.4 cm³/mol. The summed E-state index contributed by atoms with van der Waals surface area (Å²) in [6, 6.07) is 9.54. The Kier molecular flexibility index (Phi) is 5.23. The molecule has 1 heterocycles. The predicted octanol–water partition coefficient (Wildman–Crippen LogP) is 5.63. The number of hydrogen-bond acceptors (Lipinski definition) is 2. The molecule has 0 aliphatic carbocycles. The van der Waals surface area contributed by atoms with Crippen LogP contribution in [-0.2, 0) is 17.3 Å². The van der Waals surface area contributed by atoms with Gasteiger partial charge in [0.2, 0.25) is 0 Å². The van der Waals surface area contributed by atoms with Crippen LogP contribution in [0.1, 0.15) is 27.9 Å². The number of rotatable bonds is 5. The highest BCUT2D eigenvalue weighted by atomic mass is 35.5. The average Bonchev–Trinajstić information content (AvgIpc) is 3.00. The summed E-state index contributed by atoms with van der Waals surface area (Å²) in [6.07, 6.45) is -1.27. The fraction of sp³-hybridized carbons (Fsp3) is 0.211. The zero-order valence-corrected chi connectivity index (χ0v) is 14.3. The zero-order chi connectivity index (χ0) is 18.7. The van der Waals surface area contributed by atoms with E-state index in [0.717, 1.165) is 40.7 Å². The molecule has 2 aromatic carbocycles. The van der Waals surface area contributed by atoms with Gasteiger partial charge in [-0.2, -0.15) is 13.2 Å². The SMILES string of the molecule is O=C(OCCCc1c[nH]c2ccc(Cl)cc12)c1ccc(C(F)(F)F)cc1. The first-order valence-electron chi connectivity index (χ1n) is 7.94. The van der Waals surface area contributed by atoms with Gasteiger partial charge in [0.05, 0.1) is 17.7 Å². The second kappa shape index (κ2) is 7.41. The third-order valence-electron chi connectivity index (χ3n) is 4.00. The highest BCUT2D eigenvalue weighted by Crippen LogP contribution is 2.29. The minimum atomic E-state index is -4.43. The maximum absolute atomic E-state index is 12.5. The van der Waals surface area contributed by atoms with Crippen LogP contribution in [0.25, 0.3) is 10.9 Å². The molecule has 0 saturated heterocycles. The number of benzene rings is 2. The normalized spacial score (nSPS) is 11.7. The van der Waals surface area contributed by atoms with E-state index in [0.29, 0.717) is 17.9 Å². The van der Waals surface area contributed by atoms with Crippen molar-refractivity contribution in [1.29, 1.82) is 0 Å². The van der Waals surface area contributed by atoms with Gasteiger partial charge in [-0.05, 0) is 60.9 Å². The molecule has 0 unspecified atom stereocenters. The monoisotopic (exact) mass is 381 g/mol. The van der Waals surface area contributed by atoms with E-state index in [1.165, 1.54) is 0 Å². The number of aromatic nitrogens is 1. The molecule has 0 aliphatic heterocycles. The van der Waals surface area contributed by atoms with Gasteiger partial charge in [0.1, 0.15) is 0 Å². The van der Waals surface area contributed by atoms with Crippen molar-refractivity contribution in [3.63, 3.8) is 0 Å². The van der Waals surface area contributed by atoms with E-state index in [1.54, 1.807) is 6.07 Å². The van der Waals surface area contributed by atoms with Crippen molar-refractivity contribution in [2.45, 2.75) is 19.0 Å². The molecule has 26 heavy (non-hydrogen) atoms.